The van der Waals surface area contributed by atoms with E-state index in [4.69, 9.17) is 5.73 Å². The van der Waals surface area contributed by atoms with E-state index < -0.39 is 0 Å². The van der Waals surface area contributed by atoms with Crippen molar-refractivity contribution in [2.45, 2.75) is 13.5 Å². The Balaban J connectivity index is 2.54. The molecule has 0 atom stereocenters. The highest BCUT2D eigenvalue weighted by atomic mass is 15.2. The monoisotopic (exact) mass is 154 g/mol. The first-order valence-electron chi connectivity index (χ1n) is 3.83. The highest BCUT2D eigenvalue weighted by Crippen LogP contribution is 2.01. The van der Waals surface area contributed by atoms with Crippen molar-refractivity contribution in [2.75, 3.05) is 18.4 Å². The van der Waals surface area contributed by atoms with Crippen molar-refractivity contribution in [3.8, 4) is 0 Å². The maximum atomic E-state index is 5.34. The predicted molar refractivity (Wildman–Crippen MR) is 45.4 cm³/mol. The van der Waals surface area contributed by atoms with Crippen LogP contribution < -0.4 is 11.1 Å². The SMILES string of the molecule is CCn1ccnc1NCCN. The minimum Gasteiger partial charge on any atom is -0.354 e. The number of nitrogens with zero attached hydrogens (tertiary/aromatic N) is 2. The lowest BCUT2D eigenvalue weighted by Gasteiger charge is -2.05. The van der Waals surface area contributed by atoms with Crippen molar-refractivity contribution >= 4 is 5.95 Å². The number of rotatable bonds is 4. The van der Waals surface area contributed by atoms with E-state index in [1.165, 1.54) is 0 Å². The van der Waals surface area contributed by atoms with Gasteiger partial charge in [0, 0.05) is 32.0 Å². The number of imidazole rings is 1. The molecule has 4 nitrogen and oxygen atoms in total. The van der Waals surface area contributed by atoms with Crippen molar-refractivity contribution in [2.24, 2.45) is 5.73 Å². The third kappa shape index (κ3) is 1.94. The minimum absolute atomic E-state index is 0.635. The van der Waals surface area contributed by atoms with Crippen molar-refractivity contribution in [1.29, 1.82) is 0 Å². The summed E-state index contributed by atoms with van der Waals surface area (Å²) in [5.41, 5.74) is 5.34. The van der Waals surface area contributed by atoms with Gasteiger partial charge in [0.1, 0.15) is 0 Å². The Labute approximate surface area is 66.4 Å². The molecular formula is C7H14N4. The summed E-state index contributed by atoms with van der Waals surface area (Å²) in [7, 11) is 0. The van der Waals surface area contributed by atoms with Gasteiger partial charge in [-0.25, -0.2) is 4.98 Å². The van der Waals surface area contributed by atoms with E-state index >= 15 is 0 Å². The second-order valence-electron chi connectivity index (χ2n) is 2.25. The van der Waals surface area contributed by atoms with Crippen LogP contribution in [0.1, 0.15) is 6.92 Å². The predicted octanol–water partition coefficient (Wildman–Crippen LogP) is 0.274. The smallest absolute Gasteiger partial charge is 0.202 e. The molecule has 11 heavy (non-hydrogen) atoms. The molecule has 0 saturated heterocycles. The van der Waals surface area contributed by atoms with Gasteiger partial charge in [-0.15, -0.1) is 0 Å². The maximum Gasteiger partial charge on any atom is 0.202 e. The molecule has 0 saturated carbocycles. The lowest BCUT2D eigenvalue weighted by atomic mass is 10.6. The molecule has 0 spiro atoms. The molecule has 0 aliphatic heterocycles. The third-order valence-corrected chi connectivity index (χ3v) is 1.48. The Morgan fingerprint density at radius 3 is 3.18 bits per heavy atom. The van der Waals surface area contributed by atoms with Crippen molar-refractivity contribution < 1.29 is 0 Å². The number of nitrogens with one attached hydrogen (secondary N) is 1. The van der Waals surface area contributed by atoms with E-state index in [1.54, 1.807) is 6.20 Å². The van der Waals surface area contributed by atoms with Crippen LogP contribution in [0.3, 0.4) is 0 Å². The Hall–Kier alpha value is -1.03. The van der Waals surface area contributed by atoms with Crippen LogP contribution in [0.5, 0.6) is 0 Å². The summed E-state index contributed by atoms with van der Waals surface area (Å²) in [5.74, 6) is 0.901. The van der Waals surface area contributed by atoms with Gasteiger partial charge >= 0.3 is 0 Å². The molecule has 0 unspecified atom stereocenters. The average Bonchev–Trinajstić information content (AvgIpc) is 2.47. The van der Waals surface area contributed by atoms with Crippen molar-refractivity contribution in [3.05, 3.63) is 12.4 Å². The molecule has 1 aromatic heterocycles. The third-order valence-electron chi connectivity index (χ3n) is 1.48. The molecular weight excluding hydrogens is 140 g/mol. The van der Waals surface area contributed by atoms with Crippen LogP contribution >= 0.6 is 0 Å². The van der Waals surface area contributed by atoms with Gasteiger partial charge in [0.2, 0.25) is 5.95 Å². The summed E-state index contributed by atoms with van der Waals surface area (Å²) in [4.78, 5) is 4.12. The van der Waals surface area contributed by atoms with Gasteiger partial charge in [-0.1, -0.05) is 0 Å². The van der Waals surface area contributed by atoms with E-state index in [-0.39, 0.29) is 0 Å². The second kappa shape index (κ2) is 3.98. The molecule has 0 fully saturated rings. The van der Waals surface area contributed by atoms with Gasteiger partial charge < -0.3 is 15.6 Å². The summed E-state index contributed by atoms with van der Waals surface area (Å²) in [6, 6.07) is 0. The first-order chi connectivity index (χ1) is 5.38. The molecule has 3 N–H and O–H groups in total. The molecule has 62 valence electrons. The lowest BCUT2D eigenvalue weighted by molar-refractivity contribution is 0.763. The largest absolute Gasteiger partial charge is 0.354 e. The van der Waals surface area contributed by atoms with E-state index in [1.807, 2.05) is 10.8 Å². The highest BCUT2D eigenvalue weighted by molar-refractivity contribution is 5.25. The first-order valence-corrected chi connectivity index (χ1v) is 3.83. The van der Waals surface area contributed by atoms with Gasteiger partial charge in [0.15, 0.2) is 0 Å². The summed E-state index contributed by atoms with van der Waals surface area (Å²) in [6.07, 6.45) is 3.72. The number of hydrogen-bond donors (Lipinski definition) is 2. The number of aromatic nitrogens is 2. The number of anilines is 1. The zero-order valence-corrected chi connectivity index (χ0v) is 6.75. The fourth-order valence-electron chi connectivity index (χ4n) is 0.916. The summed E-state index contributed by atoms with van der Waals surface area (Å²) < 4.78 is 2.04. The van der Waals surface area contributed by atoms with Gasteiger partial charge in [-0.05, 0) is 6.92 Å². The standard InChI is InChI=1S/C7H14N4/c1-2-11-6-5-10-7(11)9-4-3-8/h5-6H,2-4,8H2,1H3,(H,9,10). The topological polar surface area (TPSA) is 55.9 Å². The number of nitrogens with two attached hydrogens (primary N) is 1. The Morgan fingerprint density at radius 2 is 2.55 bits per heavy atom. The quantitative estimate of drug-likeness (QED) is 0.654. The van der Waals surface area contributed by atoms with Crippen molar-refractivity contribution in [3.63, 3.8) is 0 Å². The number of aryl methyl sites for hydroxylation is 1. The second-order valence-corrected chi connectivity index (χ2v) is 2.25. The maximum absolute atomic E-state index is 5.34. The fraction of sp³-hybridized carbons (Fsp3) is 0.571. The first kappa shape index (κ1) is 8.07. The Kier molecular flexibility index (Phi) is 2.92. The van der Waals surface area contributed by atoms with E-state index in [2.05, 4.69) is 17.2 Å². The fourth-order valence-corrected chi connectivity index (χ4v) is 0.916. The van der Waals surface area contributed by atoms with Crippen LogP contribution in [0.2, 0.25) is 0 Å². The normalized spacial score (nSPS) is 10.0. The number of hydrogen-bond acceptors (Lipinski definition) is 3. The van der Waals surface area contributed by atoms with Gasteiger partial charge in [-0.3, -0.25) is 0 Å². The molecule has 0 bridgehead atoms. The summed E-state index contributed by atoms with van der Waals surface area (Å²) in [6.45, 7) is 4.43. The van der Waals surface area contributed by atoms with E-state index in [0.717, 1.165) is 19.0 Å². The van der Waals surface area contributed by atoms with Crippen LogP contribution in [-0.2, 0) is 6.54 Å². The Bertz CT molecular complexity index is 206. The van der Waals surface area contributed by atoms with Crippen LogP contribution in [0.4, 0.5) is 5.95 Å². The molecule has 0 aliphatic rings. The molecule has 0 radical (unpaired) electrons. The van der Waals surface area contributed by atoms with Crippen LogP contribution in [0, 0.1) is 0 Å². The van der Waals surface area contributed by atoms with Crippen LogP contribution in [0.15, 0.2) is 12.4 Å². The molecule has 0 aromatic carbocycles. The molecule has 0 aliphatic carbocycles. The van der Waals surface area contributed by atoms with Gasteiger partial charge in [0.25, 0.3) is 0 Å². The molecule has 4 heteroatoms. The molecule has 0 amide bonds. The molecule has 1 heterocycles. The van der Waals surface area contributed by atoms with Crippen LogP contribution in [0.25, 0.3) is 0 Å². The summed E-state index contributed by atoms with van der Waals surface area (Å²) >= 11 is 0. The van der Waals surface area contributed by atoms with Gasteiger partial charge in [0.05, 0.1) is 0 Å². The highest BCUT2D eigenvalue weighted by Gasteiger charge is 1.96. The Morgan fingerprint density at radius 1 is 1.73 bits per heavy atom. The summed E-state index contributed by atoms with van der Waals surface area (Å²) in [5, 5.41) is 3.12. The van der Waals surface area contributed by atoms with Crippen molar-refractivity contribution in [1.82, 2.24) is 9.55 Å². The molecule has 1 rings (SSSR count). The minimum atomic E-state index is 0.635. The molecule has 1 aromatic rings. The van der Waals surface area contributed by atoms with E-state index in [9.17, 15) is 0 Å². The van der Waals surface area contributed by atoms with Crippen LogP contribution in [-0.4, -0.2) is 22.6 Å². The van der Waals surface area contributed by atoms with E-state index in [0.29, 0.717) is 6.54 Å². The lowest BCUT2D eigenvalue weighted by Crippen LogP contribution is -2.15. The zero-order valence-electron chi connectivity index (χ0n) is 6.75. The zero-order chi connectivity index (χ0) is 8.10. The average molecular weight is 154 g/mol. The van der Waals surface area contributed by atoms with Gasteiger partial charge in [-0.2, -0.15) is 0 Å².